The molecule has 0 radical (unpaired) electrons. The number of sulfonamides is 1. The van der Waals surface area contributed by atoms with Crippen LogP contribution in [-0.2, 0) is 37.2 Å². The molecule has 0 saturated carbocycles. The van der Waals surface area contributed by atoms with Gasteiger partial charge in [0.05, 0.1) is 16.1 Å². The first-order valence-corrected chi connectivity index (χ1v) is 13.0. The van der Waals surface area contributed by atoms with Crippen LogP contribution >= 0.6 is 11.6 Å². The second kappa shape index (κ2) is 12.4. The van der Waals surface area contributed by atoms with Crippen LogP contribution < -0.4 is 20.3 Å². The molecule has 0 aromatic heterocycles. The highest BCUT2D eigenvalue weighted by Crippen LogP contribution is 2.33. The van der Waals surface area contributed by atoms with Gasteiger partial charge in [0.25, 0.3) is 10.0 Å². The quantitative estimate of drug-likeness (QED) is 0.345. The summed E-state index contributed by atoms with van der Waals surface area (Å²) in [5.74, 6) is 3.56. The lowest BCUT2D eigenvalue weighted by Gasteiger charge is -2.26. The number of nitrogens with one attached hydrogen (secondary N) is 1. The lowest BCUT2D eigenvalue weighted by atomic mass is 10.2. The van der Waals surface area contributed by atoms with E-state index in [9.17, 15) is 31.2 Å². The van der Waals surface area contributed by atoms with Gasteiger partial charge in [0.1, 0.15) is 12.3 Å². The van der Waals surface area contributed by atoms with Crippen molar-refractivity contribution < 1.29 is 40.8 Å². The molecule has 0 unspecified atom stereocenters. The third kappa shape index (κ3) is 7.62. The normalized spacial score (nSPS) is 11.5. The number of nitrogens with zero attached hydrogens (tertiary/aromatic N) is 1. The molecule has 3 aromatic carbocycles. The Labute approximate surface area is 227 Å². The van der Waals surface area contributed by atoms with Crippen LogP contribution in [0.25, 0.3) is 0 Å². The summed E-state index contributed by atoms with van der Waals surface area (Å²) in [6.45, 7) is 0.405. The van der Waals surface area contributed by atoms with Crippen LogP contribution in [0.1, 0.15) is 16.7 Å². The molecule has 0 heterocycles. The molecule has 3 aromatic rings. The Bertz CT molecular complexity index is 1450. The van der Waals surface area contributed by atoms with Gasteiger partial charge in [0.15, 0.2) is 6.61 Å². The van der Waals surface area contributed by atoms with Gasteiger partial charge in [-0.2, -0.15) is 19.1 Å². The molecule has 39 heavy (non-hydrogen) atoms. The SMILES string of the molecule is Cc1c(Cl)cccc1N(CC(=O)NCc1cccc(OCC(=O)ON)c1)S(=O)(=O)c1ccc(C(F)(F)F)cc1. The van der Waals surface area contributed by atoms with Gasteiger partial charge in [-0.25, -0.2) is 13.2 Å². The standard InChI is InChI=1S/C25H23ClF3N3O6S/c1-16-21(26)6-3-7-22(16)32(39(35,36)20-10-8-18(9-11-20)25(27,28)29)14-23(33)31-13-17-4-2-5-19(12-17)37-15-24(34)38-30/h2-12H,13-15,30H2,1H3,(H,31,33). The maximum Gasteiger partial charge on any atom is 0.416 e. The van der Waals surface area contributed by atoms with Gasteiger partial charge in [-0.1, -0.05) is 29.8 Å². The first-order valence-electron chi connectivity index (χ1n) is 11.2. The number of hydrogen-bond donors (Lipinski definition) is 2. The van der Waals surface area contributed by atoms with Crippen molar-refractivity contribution in [1.29, 1.82) is 0 Å². The van der Waals surface area contributed by atoms with E-state index in [1.807, 2.05) is 0 Å². The van der Waals surface area contributed by atoms with Crippen molar-refractivity contribution in [3.63, 3.8) is 0 Å². The van der Waals surface area contributed by atoms with Gasteiger partial charge < -0.3 is 14.9 Å². The Morgan fingerprint density at radius 2 is 1.72 bits per heavy atom. The Morgan fingerprint density at radius 3 is 2.36 bits per heavy atom. The second-order valence-corrected chi connectivity index (χ2v) is 10.4. The molecule has 9 nitrogen and oxygen atoms in total. The number of amides is 1. The molecular weight excluding hydrogens is 563 g/mol. The summed E-state index contributed by atoms with van der Waals surface area (Å²) in [4.78, 5) is 27.6. The zero-order chi connectivity index (χ0) is 28.8. The first-order chi connectivity index (χ1) is 18.3. The van der Waals surface area contributed by atoms with Gasteiger partial charge in [-0.05, 0) is 66.6 Å². The number of carbonyl (C=O) groups excluding carboxylic acids is 2. The van der Waals surface area contributed by atoms with Crippen LogP contribution in [0.4, 0.5) is 18.9 Å². The number of carbonyl (C=O) groups is 2. The maximum absolute atomic E-state index is 13.5. The third-order valence-electron chi connectivity index (χ3n) is 5.44. The van der Waals surface area contributed by atoms with Crippen molar-refractivity contribution in [2.24, 2.45) is 5.90 Å². The molecule has 0 aliphatic heterocycles. The summed E-state index contributed by atoms with van der Waals surface area (Å²) in [6, 6.07) is 13.8. The van der Waals surface area contributed by atoms with Gasteiger partial charge in [0.2, 0.25) is 5.91 Å². The molecule has 3 rings (SSSR count). The van der Waals surface area contributed by atoms with Crippen LogP contribution in [0, 0.1) is 6.92 Å². The van der Waals surface area contributed by atoms with Gasteiger partial charge in [-0.15, -0.1) is 0 Å². The van der Waals surface area contributed by atoms with Crippen molar-refractivity contribution in [2.45, 2.75) is 24.5 Å². The zero-order valence-electron chi connectivity index (χ0n) is 20.4. The molecule has 0 saturated heterocycles. The molecule has 14 heteroatoms. The number of hydrogen-bond acceptors (Lipinski definition) is 7. The van der Waals surface area contributed by atoms with Crippen LogP contribution in [0.5, 0.6) is 5.75 Å². The highest BCUT2D eigenvalue weighted by Gasteiger charge is 2.33. The average Bonchev–Trinajstić information content (AvgIpc) is 2.90. The van der Waals surface area contributed by atoms with Crippen molar-refractivity contribution in [3.8, 4) is 5.75 Å². The summed E-state index contributed by atoms with van der Waals surface area (Å²) in [5, 5.41) is 2.83. The minimum absolute atomic E-state index is 0.0277. The summed E-state index contributed by atoms with van der Waals surface area (Å²) >= 11 is 6.18. The smallest absolute Gasteiger partial charge is 0.416 e. The molecule has 0 bridgehead atoms. The van der Waals surface area contributed by atoms with E-state index in [2.05, 4.69) is 10.2 Å². The van der Waals surface area contributed by atoms with E-state index < -0.39 is 51.7 Å². The number of anilines is 1. The molecule has 0 atom stereocenters. The van der Waals surface area contributed by atoms with Crippen molar-refractivity contribution in [2.75, 3.05) is 17.5 Å². The number of benzene rings is 3. The molecular formula is C25H23ClF3N3O6S. The largest absolute Gasteiger partial charge is 0.482 e. The molecule has 0 fully saturated rings. The van der Waals surface area contributed by atoms with Gasteiger partial charge >= 0.3 is 12.1 Å². The van der Waals surface area contributed by atoms with E-state index in [0.29, 0.717) is 29.0 Å². The topological polar surface area (TPSA) is 128 Å². The van der Waals surface area contributed by atoms with Crippen molar-refractivity contribution >= 4 is 39.2 Å². The Kier molecular flexibility index (Phi) is 9.43. The maximum atomic E-state index is 13.5. The predicted octanol–water partition coefficient (Wildman–Crippen LogP) is 3.97. The zero-order valence-corrected chi connectivity index (χ0v) is 21.9. The van der Waals surface area contributed by atoms with Gasteiger partial charge in [0, 0.05) is 11.6 Å². The van der Waals surface area contributed by atoms with Gasteiger partial charge in [-0.3, -0.25) is 9.10 Å². The highest BCUT2D eigenvalue weighted by atomic mass is 35.5. The van der Waals surface area contributed by atoms with E-state index >= 15 is 0 Å². The molecule has 0 aliphatic rings. The van der Waals surface area contributed by atoms with E-state index in [1.54, 1.807) is 31.2 Å². The van der Waals surface area contributed by atoms with E-state index in [0.717, 1.165) is 16.4 Å². The van der Waals surface area contributed by atoms with Crippen LogP contribution in [0.15, 0.2) is 71.6 Å². The lowest BCUT2D eigenvalue weighted by Crippen LogP contribution is -2.41. The van der Waals surface area contributed by atoms with Crippen LogP contribution in [0.2, 0.25) is 5.02 Å². The fraction of sp³-hybridized carbons (Fsp3) is 0.200. The second-order valence-electron chi connectivity index (χ2n) is 8.12. The minimum Gasteiger partial charge on any atom is -0.482 e. The summed E-state index contributed by atoms with van der Waals surface area (Å²) in [5.41, 5.74) is -0.0168. The Hall–Kier alpha value is -3.81. The monoisotopic (exact) mass is 585 g/mol. The minimum atomic E-state index is -4.65. The third-order valence-corrected chi connectivity index (χ3v) is 7.62. The fourth-order valence-electron chi connectivity index (χ4n) is 3.42. The number of ether oxygens (including phenoxy) is 1. The van der Waals surface area contributed by atoms with E-state index in [4.69, 9.17) is 22.2 Å². The predicted molar refractivity (Wildman–Crippen MR) is 136 cm³/mol. The summed E-state index contributed by atoms with van der Waals surface area (Å²) < 4.78 is 72.0. The number of nitrogens with two attached hydrogens (primary N) is 1. The Morgan fingerprint density at radius 1 is 1.05 bits per heavy atom. The number of rotatable bonds is 10. The molecule has 0 aliphatic carbocycles. The fourth-order valence-corrected chi connectivity index (χ4v) is 5.07. The van der Waals surface area contributed by atoms with Crippen molar-refractivity contribution in [3.05, 3.63) is 88.4 Å². The molecule has 0 spiro atoms. The average molecular weight is 586 g/mol. The highest BCUT2D eigenvalue weighted by molar-refractivity contribution is 7.92. The number of halogens is 4. The molecule has 1 amide bonds. The molecule has 208 valence electrons. The Balaban J connectivity index is 1.83. The van der Waals surface area contributed by atoms with E-state index in [-0.39, 0.29) is 17.3 Å². The van der Waals surface area contributed by atoms with Crippen molar-refractivity contribution in [1.82, 2.24) is 5.32 Å². The lowest BCUT2D eigenvalue weighted by molar-refractivity contribution is -0.146. The summed E-state index contributed by atoms with van der Waals surface area (Å²) in [7, 11) is -4.49. The number of alkyl halides is 3. The van der Waals surface area contributed by atoms with Crippen LogP contribution in [-0.4, -0.2) is 33.4 Å². The molecule has 3 N–H and O–H groups in total. The summed E-state index contributed by atoms with van der Waals surface area (Å²) in [6.07, 6.45) is -4.65. The van der Waals surface area contributed by atoms with E-state index in [1.165, 1.54) is 18.2 Å². The van der Waals surface area contributed by atoms with Crippen LogP contribution in [0.3, 0.4) is 0 Å². The first kappa shape index (κ1) is 29.7.